The zero-order chi connectivity index (χ0) is 16.1. The molecule has 0 bridgehead atoms. The van der Waals surface area contributed by atoms with Crippen LogP contribution in [0, 0.1) is 5.82 Å². The SMILES string of the molecule is O=C(COC(=O)c1cccc(F)c1)Nc1c(Cl)cccc1Cl. The summed E-state index contributed by atoms with van der Waals surface area (Å²) in [5, 5.41) is 2.97. The Balaban J connectivity index is 1.94. The van der Waals surface area contributed by atoms with Gasteiger partial charge in [-0.3, -0.25) is 4.79 Å². The van der Waals surface area contributed by atoms with Crippen LogP contribution in [-0.2, 0) is 9.53 Å². The molecule has 22 heavy (non-hydrogen) atoms. The van der Waals surface area contributed by atoms with Crippen molar-refractivity contribution in [2.24, 2.45) is 0 Å². The second kappa shape index (κ2) is 7.24. The van der Waals surface area contributed by atoms with Crippen molar-refractivity contribution in [3.05, 3.63) is 63.9 Å². The van der Waals surface area contributed by atoms with Crippen molar-refractivity contribution in [1.82, 2.24) is 0 Å². The topological polar surface area (TPSA) is 55.4 Å². The predicted molar refractivity (Wildman–Crippen MR) is 81.8 cm³/mol. The second-order valence-electron chi connectivity index (χ2n) is 4.23. The van der Waals surface area contributed by atoms with Crippen molar-refractivity contribution in [3.8, 4) is 0 Å². The second-order valence-corrected chi connectivity index (χ2v) is 5.05. The normalized spacial score (nSPS) is 10.1. The number of benzene rings is 2. The first kappa shape index (κ1) is 16.3. The maximum absolute atomic E-state index is 13.0. The molecular weight excluding hydrogens is 332 g/mol. The van der Waals surface area contributed by atoms with E-state index in [9.17, 15) is 14.0 Å². The highest BCUT2D eigenvalue weighted by Gasteiger charge is 2.13. The molecule has 1 N–H and O–H groups in total. The van der Waals surface area contributed by atoms with Crippen LogP contribution in [0.15, 0.2) is 42.5 Å². The van der Waals surface area contributed by atoms with E-state index in [1.807, 2.05) is 0 Å². The lowest BCUT2D eigenvalue weighted by atomic mass is 10.2. The standard InChI is InChI=1S/C15H10Cl2FNO3/c16-11-5-2-6-12(17)14(11)19-13(20)8-22-15(21)9-3-1-4-10(18)7-9/h1-7H,8H2,(H,19,20). The highest BCUT2D eigenvalue weighted by molar-refractivity contribution is 6.39. The van der Waals surface area contributed by atoms with Gasteiger partial charge in [-0.15, -0.1) is 0 Å². The van der Waals surface area contributed by atoms with Crippen molar-refractivity contribution in [2.75, 3.05) is 11.9 Å². The van der Waals surface area contributed by atoms with E-state index >= 15 is 0 Å². The first-order valence-electron chi connectivity index (χ1n) is 6.14. The maximum Gasteiger partial charge on any atom is 0.338 e. The lowest BCUT2D eigenvalue weighted by Gasteiger charge is -2.09. The summed E-state index contributed by atoms with van der Waals surface area (Å²) in [7, 11) is 0. The van der Waals surface area contributed by atoms with E-state index in [-0.39, 0.29) is 21.3 Å². The number of carbonyl (C=O) groups is 2. The number of hydrogen-bond donors (Lipinski definition) is 1. The predicted octanol–water partition coefficient (Wildman–Crippen LogP) is 3.93. The smallest absolute Gasteiger partial charge is 0.338 e. The van der Waals surface area contributed by atoms with E-state index < -0.39 is 24.3 Å². The summed E-state index contributed by atoms with van der Waals surface area (Å²) in [6.45, 7) is -0.545. The van der Waals surface area contributed by atoms with E-state index in [2.05, 4.69) is 5.32 Å². The van der Waals surface area contributed by atoms with Crippen LogP contribution in [0.2, 0.25) is 10.0 Å². The summed E-state index contributed by atoms with van der Waals surface area (Å²) >= 11 is 11.8. The molecule has 114 valence electrons. The van der Waals surface area contributed by atoms with Gasteiger partial charge in [-0.05, 0) is 30.3 Å². The Bertz CT molecular complexity index is 701. The van der Waals surface area contributed by atoms with Crippen LogP contribution >= 0.6 is 23.2 Å². The Morgan fingerprint density at radius 1 is 1.09 bits per heavy atom. The van der Waals surface area contributed by atoms with Gasteiger partial charge in [-0.1, -0.05) is 35.3 Å². The summed E-state index contributed by atoms with van der Waals surface area (Å²) in [5.41, 5.74) is 0.251. The highest BCUT2D eigenvalue weighted by atomic mass is 35.5. The number of amides is 1. The summed E-state index contributed by atoms with van der Waals surface area (Å²) < 4.78 is 17.8. The largest absolute Gasteiger partial charge is 0.452 e. The van der Waals surface area contributed by atoms with E-state index in [1.165, 1.54) is 18.2 Å². The summed E-state index contributed by atoms with van der Waals surface area (Å²) in [6.07, 6.45) is 0. The maximum atomic E-state index is 13.0. The molecular formula is C15H10Cl2FNO3. The molecule has 2 aromatic carbocycles. The number of nitrogens with one attached hydrogen (secondary N) is 1. The van der Waals surface area contributed by atoms with Gasteiger partial charge in [0.2, 0.25) is 0 Å². The van der Waals surface area contributed by atoms with E-state index in [4.69, 9.17) is 27.9 Å². The van der Waals surface area contributed by atoms with Gasteiger partial charge in [0.1, 0.15) is 5.82 Å². The van der Waals surface area contributed by atoms with Crippen LogP contribution in [0.5, 0.6) is 0 Å². The molecule has 2 rings (SSSR count). The van der Waals surface area contributed by atoms with Gasteiger partial charge in [-0.2, -0.15) is 0 Å². The molecule has 4 nitrogen and oxygen atoms in total. The lowest BCUT2D eigenvalue weighted by molar-refractivity contribution is -0.119. The fraction of sp³-hybridized carbons (Fsp3) is 0.0667. The minimum atomic E-state index is -0.806. The number of carbonyl (C=O) groups excluding carboxylic acids is 2. The summed E-state index contributed by atoms with van der Waals surface area (Å²) in [4.78, 5) is 23.4. The van der Waals surface area contributed by atoms with Crippen LogP contribution in [0.3, 0.4) is 0 Å². The van der Waals surface area contributed by atoms with E-state index in [0.717, 1.165) is 6.07 Å². The third-order valence-corrected chi connectivity index (χ3v) is 3.25. The minimum Gasteiger partial charge on any atom is -0.452 e. The molecule has 0 radical (unpaired) electrons. The number of halogens is 3. The quantitative estimate of drug-likeness (QED) is 0.857. The average molecular weight is 342 g/mol. The van der Waals surface area contributed by atoms with Crippen LogP contribution in [0.1, 0.15) is 10.4 Å². The van der Waals surface area contributed by atoms with Crippen LogP contribution in [-0.4, -0.2) is 18.5 Å². The van der Waals surface area contributed by atoms with Gasteiger partial charge in [0, 0.05) is 0 Å². The summed E-state index contributed by atoms with van der Waals surface area (Å²) in [5.74, 6) is -1.98. The van der Waals surface area contributed by atoms with Gasteiger partial charge < -0.3 is 10.1 Å². The Kier molecular flexibility index (Phi) is 5.35. The van der Waals surface area contributed by atoms with Gasteiger partial charge in [-0.25, -0.2) is 9.18 Å². The molecule has 0 heterocycles. The van der Waals surface area contributed by atoms with Crippen molar-refractivity contribution < 1.29 is 18.7 Å². The van der Waals surface area contributed by atoms with Crippen LogP contribution in [0.25, 0.3) is 0 Å². The number of para-hydroxylation sites is 1. The van der Waals surface area contributed by atoms with Crippen molar-refractivity contribution >= 4 is 40.8 Å². The van der Waals surface area contributed by atoms with Gasteiger partial charge >= 0.3 is 5.97 Å². The monoisotopic (exact) mass is 341 g/mol. The minimum absolute atomic E-state index is 0.0172. The van der Waals surface area contributed by atoms with Crippen molar-refractivity contribution in [2.45, 2.75) is 0 Å². The first-order chi connectivity index (χ1) is 10.5. The fourth-order valence-corrected chi connectivity index (χ4v) is 2.11. The molecule has 7 heteroatoms. The fourth-order valence-electron chi connectivity index (χ4n) is 1.62. The lowest BCUT2D eigenvalue weighted by Crippen LogP contribution is -2.21. The average Bonchev–Trinajstić information content (AvgIpc) is 2.48. The number of esters is 1. The van der Waals surface area contributed by atoms with Crippen molar-refractivity contribution in [1.29, 1.82) is 0 Å². The molecule has 0 aliphatic rings. The molecule has 0 aliphatic carbocycles. The number of ether oxygens (including phenoxy) is 1. The molecule has 0 aromatic heterocycles. The Hall–Kier alpha value is -2.11. The van der Waals surface area contributed by atoms with Crippen LogP contribution in [0.4, 0.5) is 10.1 Å². The number of rotatable bonds is 4. The molecule has 0 saturated carbocycles. The molecule has 0 saturated heterocycles. The molecule has 0 aliphatic heterocycles. The third kappa shape index (κ3) is 4.19. The Morgan fingerprint density at radius 3 is 2.36 bits per heavy atom. The molecule has 0 atom stereocenters. The van der Waals surface area contributed by atoms with Gasteiger partial charge in [0.15, 0.2) is 6.61 Å². The van der Waals surface area contributed by atoms with E-state index in [0.29, 0.717) is 0 Å². The highest BCUT2D eigenvalue weighted by Crippen LogP contribution is 2.29. The van der Waals surface area contributed by atoms with Gasteiger partial charge in [0.05, 0.1) is 21.3 Å². The Labute approximate surface area is 135 Å². The molecule has 0 spiro atoms. The Morgan fingerprint density at radius 2 is 1.73 bits per heavy atom. The van der Waals surface area contributed by atoms with Crippen LogP contribution < -0.4 is 5.32 Å². The molecule has 2 aromatic rings. The number of hydrogen-bond acceptors (Lipinski definition) is 3. The zero-order valence-electron chi connectivity index (χ0n) is 11.1. The van der Waals surface area contributed by atoms with Gasteiger partial charge in [0.25, 0.3) is 5.91 Å². The van der Waals surface area contributed by atoms with E-state index in [1.54, 1.807) is 18.2 Å². The molecule has 1 amide bonds. The molecule has 0 unspecified atom stereocenters. The third-order valence-electron chi connectivity index (χ3n) is 2.62. The number of anilines is 1. The first-order valence-corrected chi connectivity index (χ1v) is 6.89. The zero-order valence-corrected chi connectivity index (χ0v) is 12.6. The van der Waals surface area contributed by atoms with Crippen molar-refractivity contribution in [3.63, 3.8) is 0 Å². The summed E-state index contributed by atoms with van der Waals surface area (Å²) in [6, 6.07) is 9.71. The molecule has 0 fully saturated rings.